The van der Waals surface area contributed by atoms with Crippen molar-refractivity contribution < 1.29 is 5.11 Å². The second-order valence-corrected chi connectivity index (χ2v) is 7.59. The van der Waals surface area contributed by atoms with Gasteiger partial charge in [-0.05, 0) is 49.6 Å². The van der Waals surface area contributed by atoms with Gasteiger partial charge in [0, 0.05) is 6.04 Å². The van der Waals surface area contributed by atoms with Crippen LogP contribution in [0.3, 0.4) is 0 Å². The predicted molar refractivity (Wildman–Crippen MR) is 72.0 cm³/mol. The maximum atomic E-state index is 10.5. The molecule has 100 valence electrons. The molecule has 0 spiro atoms. The Hall–Kier alpha value is -0.0800. The number of hydrogen-bond acceptors (Lipinski definition) is 2. The Balaban J connectivity index is 1.99. The zero-order valence-corrected chi connectivity index (χ0v) is 12.0. The molecule has 0 radical (unpaired) electrons. The minimum Gasteiger partial charge on any atom is -0.391 e. The monoisotopic (exact) mass is 239 g/mol. The fourth-order valence-electron chi connectivity index (χ4n) is 3.44. The molecule has 1 saturated carbocycles. The summed E-state index contributed by atoms with van der Waals surface area (Å²) < 4.78 is 0. The molecule has 1 heterocycles. The Morgan fingerprint density at radius 1 is 1.00 bits per heavy atom. The molecule has 0 aromatic heterocycles. The predicted octanol–water partition coefficient (Wildman–Crippen LogP) is 3.05. The standard InChI is InChI=1S/C15H29NO/c1-14(2)8-10-16(11-9-14)12-6-5-7-15(3,4)13(12)17/h12-13,17H,5-11H2,1-4H3. The van der Waals surface area contributed by atoms with Crippen molar-refractivity contribution in [1.29, 1.82) is 0 Å². The summed E-state index contributed by atoms with van der Waals surface area (Å²) in [6.07, 6.45) is 6.04. The molecule has 2 atom stereocenters. The summed E-state index contributed by atoms with van der Waals surface area (Å²) in [7, 11) is 0. The van der Waals surface area contributed by atoms with Gasteiger partial charge < -0.3 is 5.11 Å². The number of aliphatic hydroxyl groups excluding tert-OH is 1. The molecule has 0 aromatic rings. The van der Waals surface area contributed by atoms with Crippen molar-refractivity contribution in [2.75, 3.05) is 13.1 Å². The van der Waals surface area contributed by atoms with Gasteiger partial charge in [-0.1, -0.05) is 34.1 Å². The Morgan fingerprint density at radius 3 is 2.18 bits per heavy atom. The van der Waals surface area contributed by atoms with Crippen LogP contribution < -0.4 is 0 Å². The number of rotatable bonds is 1. The number of hydrogen-bond donors (Lipinski definition) is 1. The molecule has 0 aromatic carbocycles. The summed E-state index contributed by atoms with van der Waals surface area (Å²) in [5.41, 5.74) is 0.613. The van der Waals surface area contributed by atoms with Crippen molar-refractivity contribution in [2.24, 2.45) is 10.8 Å². The van der Waals surface area contributed by atoms with Gasteiger partial charge >= 0.3 is 0 Å². The van der Waals surface area contributed by atoms with Crippen LogP contribution in [0.25, 0.3) is 0 Å². The summed E-state index contributed by atoms with van der Waals surface area (Å²) >= 11 is 0. The van der Waals surface area contributed by atoms with Crippen molar-refractivity contribution in [3.63, 3.8) is 0 Å². The third-order valence-electron chi connectivity index (χ3n) is 5.11. The van der Waals surface area contributed by atoms with Gasteiger partial charge in [0.15, 0.2) is 0 Å². The fraction of sp³-hybridized carbons (Fsp3) is 1.00. The van der Waals surface area contributed by atoms with E-state index in [-0.39, 0.29) is 11.5 Å². The van der Waals surface area contributed by atoms with E-state index >= 15 is 0 Å². The van der Waals surface area contributed by atoms with Gasteiger partial charge in [0.05, 0.1) is 6.10 Å². The second kappa shape index (κ2) is 4.55. The summed E-state index contributed by atoms with van der Waals surface area (Å²) in [6, 6.07) is 0.412. The molecular weight excluding hydrogens is 210 g/mol. The van der Waals surface area contributed by atoms with Gasteiger partial charge in [-0.25, -0.2) is 0 Å². The minimum atomic E-state index is -0.141. The number of aliphatic hydroxyl groups is 1. The van der Waals surface area contributed by atoms with Gasteiger partial charge in [-0.2, -0.15) is 0 Å². The lowest BCUT2D eigenvalue weighted by atomic mass is 9.71. The zero-order chi connectivity index (χ0) is 12.7. The largest absolute Gasteiger partial charge is 0.391 e. The van der Waals surface area contributed by atoms with Crippen LogP contribution in [0.4, 0.5) is 0 Å². The third-order valence-corrected chi connectivity index (χ3v) is 5.11. The first-order valence-corrected chi connectivity index (χ1v) is 7.24. The van der Waals surface area contributed by atoms with Crippen molar-refractivity contribution in [2.45, 2.75) is 71.9 Å². The highest BCUT2D eigenvalue weighted by Crippen LogP contribution is 2.40. The van der Waals surface area contributed by atoms with E-state index in [9.17, 15) is 5.11 Å². The Bertz CT molecular complexity index is 262. The topological polar surface area (TPSA) is 23.5 Å². The normalized spacial score (nSPS) is 37.9. The summed E-state index contributed by atoms with van der Waals surface area (Å²) in [4.78, 5) is 2.55. The zero-order valence-electron chi connectivity index (χ0n) is 12.0. The molecule has 2 rings (SSSR count). The van der Waals surface area contributed by atoms with Gasteiger partial charge in [-0.15, -0.1) is 0 Å². The van der Waals surface area contributed by atoms with Gasteiger partial charge in [0.25, 0.3) is 0 Å². The van der Waals surface area contributed by atoms with E-state index in [1.165, 1.54) is 45.2 Å². The fourth-order valence-corrected chi connectivity index (χ4v) is 3.44. The maximum absolute atomic E-state index is 10.5. The molecule has 2 heteroatoms. The summed E-state index contributed by atoms with van der Waals surface area (Å²) in [6.45, 7) is 11.5. The molecule has 1 saturated heterocycles. The van der Waals surface area contributed by atoms with Crippen LogP contribution in [-0.4, -0.2) is 35.2 Å². The molecule has 2 unspecified atom stereocenters. The van der Waals surface area contributed by atoms with Crippen LogP contribution in [0.2, 0.25) is 0 Å². The van der Waals surface area contributed by atoms with E-state index < -0.39 is 0 Å². The number of likely N-dealkylation sites (tertiary alicyclic amines) is 1. The van der Waals surface area contributed by atoms with E-state index in [0.29, 0.717) is 11.5 Å². The highest BCUT2D eigenvalue weighted by molar-refractivity contribution is 4.95. The van der Waals surface area contributed by atoms with Crippen molar-refractivity contribution in [3.8, 4) is 0 Å². The highest BCUT2D eigenvalue weighted by atomic mass is 16.3. The smallest absolute Gasteiger partial charge is 0.0746 e. The molecule has 2 nitrogen and oxygen atoms in total. The molecule has 1 N–H and O–H groups in total. The van der Waals surface area contributed by atoms with E-state index in [1.807, 2.05) is 0 Å². The molecule has 1 aliphatic heterocycles. The first kappa shape index (κ1) is 13.4. The van der Waals surface area contributed by atoms with E-state index in [0.717, 1.165) is 0 Å². The van der Waals surface area contributed by atoms with Gasteiger partial charge in [0.1, 0.15) is 0 Å². The Morgan fingerprint density at radius 2 is 1.59 bits per heavy atom. The van der Waals surface area contributed by atoms with Crippen molar-refractivity contribution in [3.05, 3.63) is 0 Å². The van der Waals surface area contributed by atoms with E-state index in [2.05, 4.69) is 32.6 Å². The quantitative estimate of drug-likeness (QED) is 0.760. The van der Waals surface area contributed by atoms with Crippen LogP contribution in [0.15, 0.2) is 0 Å². The van der Waals surface area contributed by atoms with E-state index in [4.69, 9.17) is 0 Å². The minimum absolute atomic E-state index is 0.107. The average Bonchev–Trinajstić information content (AvgIpc) is 2.23. The lowest BCUT2D eigenvalue weighted by Crippen LogP contribution is -2.55. The number of piperidine rings is 1. The first-order chi connectivity index (χ1) is 7.82. The lowest BCUT2D eigenvalue weighted by Gasteiger charge is -2.48. The van der Waals surface area contributed by atoms with Crippen molar-refractivity contribution in [1.82, 2.24) is 4.90 Å². The third kappa shape index (κ3) is 2.85. The van der Waals surface area contributed by atoms with E-state index in [1.54, 1.807) is 0 Å². The maximum Gasteiger partial charge on any atom is 0.0746 e. The molecule has 17 heavy (non-hydrogen) atoms. The number of nitrogens with zero attached hydrogens (tertiary/aromatic N) is 1. The second-order valence-electron chi connectivity index (χ2n) is 7.59. The van der Waals surface area contributed by atoms with Gasteiger partial charge in [-0.3, -0.25) is 4.90 Å². The molecule has 2 fully saturated rings. The SMILES string of the molecule is CC1(C)CCN(C2CCCC(C)(C)C2O)CC1. The molecule has 0 amide bonds. The van der Waals surface area contributed by atoms with Crippen LogP contribution in [-0.2, 0) is 0 Å². The molecular formula is C15H29NO. The molecule has 1 aliphatic carbocycles. The summed E-state index contributed by atoms with van der Waals surface area (Å²) in [5, 5.41) is 10.5. The molecule has 0 bridgehead atoms. The first-order valence-electron chi connectivity index (χ1n) is 7.24. The van der Waals surface area contributed by atoms with Crippen LogP contribution >= 0.6 is 0 Å². The average molecular weight is 239 g/mol. The highest BCUT2D eigenvalue weighted by Gasteiger charge is 2.41. The Labute approximate surface area is 106 Å². The Kier molecular flexibility index (Phi) is 3.57. The van der Waals surface area contributed by atoms with Crippen molar-refractivity contribution >= 4 is 0 Å². The lowest BCUT2D eigenvalue weighted by molar-refractivity contribution is -0.0692. The molecule has 2 aliphatic rings. The van der Waals surface area contributed by atoms with Crippen LogP contribution in [0, 0.1) is 10.8 Å². The van der Waals surface area contributed by atoms with Crippen LogP contribution in [0.1, 0.15) is 59.8 Å². The van der Waals surface area contributed by atoms with Gasteiger partial charge in [0.2, 0.25) is 0 Å². The van der Waals surface area contributed by atoms with Crippen LogP contribution in [0.5, 0.6) is 0 Å². The summed E-state index contributed by atoms with van der Waals surface area (Å²) in [5.74, 6) is 0.